The van der Waals surface area contributed by atoms with Gasteiger partial charge in [0.25, 0.3) is 0 Å². The number of hydrogen-bond donors (Lipinski definition) is 0. The van der Waals surface area contributed by atoms with Crippen LogP contribution in [0.1, 0.15) is 32.6 Å². The Morgan fingerprint density at radius 1 is 1.10 bits per heavy atom. The molecule has 0 unspecified atom stereocenters. The van der Waals surface area contributed by atoms with Gasteiger partial charge in [0.15, 0.2) is 0 Å². The lowest BCUT2D eigenvalue weighted by Crippen LogP contribution is -1.96. The van der Waals surface area contributed by atoms with E-state index in [-0.39, 0.29) is 0 Å². The summed E-state index contributed by atoms with van der Waals surface area (Å²) in [6.45, 7) is 4.06. The molecule has 1 nitrogen and oxygen atoms in total. The van der Waals surface area contributed by atoms with Crippen molar-refractivity contribution in [2.75, 3.05) is 18.5 Å². The zero-order valence-electron chi connectivity index (χ0n) is 6.74. The molecule has 0 bridgehead atoms. The summed E-state index contributed by atoms with van der Waals surface area (Å²) >= 11 is 3.38. The van der Waals surface area contributed by atoms with E-state index in [0.717, 1.165) is 18.5 Å². The summed E-state index contributed by atoms with van der Waals surface area (Å²) in [5.41, 5.74) is 0. The third-order valence-electron chi connectivity index (χ3n) is 1.31. The summed E-state index contributed by atoms with van der Waals surface area (Å²) in [4.78, 5) is 0. The molecule has 0 spiro atoms. The van der Waals surface area contributed by atoms with Crippen LogP contribution in [0.2, 0.25) is 0 Å². The fourth-order valence-corrected chi connectivity index (χ4v) is 1.04. The van der Waals surface area contributed by atoms with E-state index < -0.39 is 0 Å². The fourth-order valence-electron chi connectivity index (χ4n) is 0.647. The molecule has 0 aromatic carbocycles. The van der Waals surface area contributed by atoms with Gasteiger partial charge in [-0.1, -0.05) is 29.3 Å². The second kappa shape index (κ2) is 9.44. The van der Waals surface area contributed by atoms with Gasteiger partial charge >= 0.3 is 0 Å². The number of rotatable bonds is 7. The molecule has 0 radical (unpaired) electrons. The Labute approximate surface area is 72.3 Å². The molecular weight excluding hydrogens is 192 g/mol. The van der Waals surface area contributed by atoms with Gasteiger partial charge in [-0.2, -0.15) is 0 Å². The topological polar surface area (TPSA) is 9.23 Å². The Balaban J connectivity index is 2.65. The second-order valence-electron chi connectivity index (χ2n) is 2.36. The average molecular weight is 209 g/mol. The van der Waals surface area contributed by atoms with Crippen LogP contribution in [0.5, 0.6) is 0 Å². The van der Waals surface area contributed by atoms with Gasteiger partial charge < -0.3 is 4.74 Å². The molecule has 0 rings (SSSR count). The van der Waals surface area contributed by atoms with Crippen molar-refractivity contribution in [3.63, 3.8) is 0 Å². The van der Waals surface area contributed by atoms with Gasteiger partial charge in [-0.3, -0.25) is 0 Å². The maximum atomic E-state index is 5.36. The first kappa shape index (κ1) is 10.4. The standard InChI is InChI=1S/C8H17BrO/c1-2-3-7-10-8-5-4-6-9/h2-8H2,1H3. The lowest BCUT2D eigenvalue weighted by atomic mass is 10.3. The Morgan fingerprint density at radius 3 is 2.40 bits per heavy atom. The van der Waals surface area contributed by atoms with E-state index in [2.05, 4.69) is 22.9 Å². The molecule has 0 atom stereocenters. The molecule has 2 heteroatoms. The lowest BCUT2D eigenvalue weighted by molar-refractivity contribution is 0.128. The molecule has 0 saturated carbocycles. The maximum Gasteiger partial charge on any atom is 0.0466 e. The summed E-state index contributed by atoms with van der Waals surface area (Å²) < 4.78 is 5.36. The number of ether oxygens (including phenoxy) is 1. The van der Waals surface area contributed by atoms with Crippen LogP contribution >= 0.6 is 15.9 Å². The monoisotopic (exact) mass is 208 g/mol. The Morgan fingerprint density at radius 2 is 1.80 bits per heavy atom. The summed E-state index contributed by atoms with van der Waals surface area (Å²) in [6.07, 6.45) is 4.86. The van der Waals surface area contributed by atoms with Crippen LogP contribution in [0.15, 0.2) is 0 Å². The third kappa shape index (κ3) is 8.44. The van der Waals surface area contributed by atoms with Crippen LogP contribution < -0.4 is 0 Å². The van der Waals surface area contributed by atoms with Crippen molar-refractivity contribution in [1.29, 1.82) is 0 Å². The normalized spacial score (nSPS) is 10.2. The number of alkyl halides is 1. The third-order valence-corrected chi connectivity index (χ3v) is 1.88. The van der Waals surface area contributed by atoms with Crippen molar-refractivity contribution < 1.29 is 4.74 Å². The zero-order chi connectivity index (χ0) is 7.66. The van der Waals surface area contributed by atoms with E-state index in [4.69, 9.17) is 4.74 Å². The van der Waals surface area contributed by atoms with Gasteiger partial charge in [-0.05, 0) is 19.3 Å². The molecule has 62 valence electrons. The molecule has 10 heavy (non-hydrogen) atoms. The first-order valence-electron chi connectivity index (χ1n) is 4.05. The maximum absolute atomic E-state index is 5.36. The van der Waals surface area contributed by atoms with Crippen LogP contribution in [0.3, 0.4) is 0 Å². The SMILES string of the molecule is CCCCOCCCCBr. The summed E-state index contributed by atoms with van der Waals surface area (Å²) in [5.74, 6) is 0. The highest BCUT2D eigenvalue weighted by molar-refractivity contribution is 9.09. The van der Waals surface area contributed by atoms with Crippen LogP contribution in [0, 0.1) is 0 Å². The number of halogens is 1. The van der Waals surface area contributed by atoms with Crippen LogP contribution in [-0.4, -0.2) is 18.5 Å². The van der Waals surface area contributed by atoms with E-state index in [1.807, 2.05) is 0 Å². The molecule has 0 aliphatic rings. The molecule has 0 aliphatic carbocycles. The number of hydrogen-bond acceptors (Lipinski definition) is 1. The molecule has 0 amide bonds. The van der Waals surface area contributed by atoms with Crippen LogP contribution in [0.4, 0.5) is 0 Å². The molecule has 0 N–H and O–H groups in total. The van der Waals surface area contributed by atoms with Crippen molar-refractivity contribution in [2.45, 2.75) is 32.6 Å². The second-order valence-corrected chi connectivity index (χ2v) is 3.16. The lowest BCUT2D eigenvalue weighted by Gasteiger charge is -2.00. The van der Waals surface area contributed by atoms with Gasteiger partial charge in [-0.25, -0.2) is 0 Å². The van der Waals surface area contributed by atoms with Crippen LogP contribution in [0.25, 0.3) is 0 Å². The fraction of sp³-hybridized carbons (Fsp3) is 1.00. The quantitative estimate of drug-likeness (QED) is 0.462. The van der Waals surface area contributed by atoms with E-state index in [1.165, 1.54) is 25.7 Å². The van der Waals surface area contributed by atoms with Gasteiger partial charge in [0, 0.05) is 18.5 Å². The summed E-state index contributed by atoms with van der Waals surface area (Å²) in [5, 5.41) is 1.10. The minimum atomic E-state index is 0.936. The first-order valence-corrected chi connectivity index (χ1v) is 5.17. The van der Waals surface area contributed by atoms with Crippen LogP contribution in [-0.2, 0) is 4.74 Å². The Kier molecular flexibility index (Phi) is 9.86. The first-order chi connectivity index (χ1) is 4.91. The Bertz CT molecular complexity index is 49.2. The molecule has 0 aromatic heterocycles. The smallest absolute Gasteiger partial charge is 0.0466 e. The van der Waals surface area contributed by atoms with E-state index in [1.54, 1.807) is 0 Å². The van der Waals surface area contributed by atoms with Gasteiger partial charge in [-0.15, -0.1) is 0 Å². The highest BCUT2D eigenvalue weighted by Crippen LogP contribution is 1.95. The van der Waals surface area contributed by atoms with Gasteiger partial charge in [0.05, 0.1) is 0 Å². The molecule has 0 aromatic rings. The predicted octanol–water partition coefficient (Wildman–Crippen LogP) is 2.98. The van der Waals surface area contributed by atoms with E-state index in [9.17, 15) is 0 Å². The minimum Gasteiger partial charge on any atom is -0.381 e. The van der Waals surface area contributed by atoms with Crippen molar-refractivity contribution in [2.24, 2.45) is 0 Å². The van der Waals surface area contributed by atoms with Crippen molar-refractivity contribution in [1.82, 2.24) is 0 Å². The summed E-state index contributed by atoms with van der Waals surface area (Å²) in [6, 6.07) is 0. The van der Waals surface area contributed by atoms with Gasteiger partial charge in [0.1, 0.15) is 0 Å². The minimum absolute atomic E-state index is 0.936. The molecule has 0 saturated heterocycles. The highest BCUT2D eigenvalue weighted by atomic mass is 79.9. The molecule has 0 fully saturated rings. The van der Waals surface area contributed by atoms with Crippen molar-refractivity contribution >= 4 is 15.9 Å². The molecule has 0 aliphatic heterocycles. The largest absolute Gasteiger partial charge is 0.381 e. The van der Waals surface area contributed by atoms with Crippen molar-refractivity contribution in [3.05, 3.63) is 0 Å². The molecular formula is C8H17BrO. The Hall–Kier alpha value is 0.440. The van der Waals surface area contributed by atoms with E-state index in [0.29, 0.717) is 0 Å². The molecule has 0 heterocycles. The highest BCUT2D eigenvalue weighted by Gasteiger charge is 1.87. The van der Waals surface area contributed by atoms with E-state index >= 15 is 0 Å². The van der Waals surface area contributed by atoms with Gasteiger partial charge in [0.2, 0.25) is 0 Å². The van der Waals surface area contributed by atoms with Crippen molar-refractivity contribution in [3.8, 4) is 0 Å². The predicted molar refractivity (Wildman–Crippen MR) is 48.8 cm³/mol. The number of unbranched alkanes of at least 4 members (excludes halogenated alkanes) is 2. The summed E-state index contributed by atoms with van der Waals surface area (Å²) in [7, 11) is 0. The zero-order valence-corrected chi connectivity index (χ0v) is 8.32. The average Bonchev–Trinajstić information content (AvgIpc) is 1.97.